The molecule has 0 unspecified atom stereocenters. The van der Waals surface area contributed by atoms with Crippen LogP contribution in [0.25, 0.3) is 0 Å². The topological polar surface area (TPSA) is 111 Å². The van der Waals surface area contributed by atoms with E-state index in [1.54, 1.807) is 21.9 Å². The summed E-state index contributed by atoms with van der Waals surface area (Å²) in [5.41, 5.74) is 1.23. The third-order valence-electron chi connectivity index (χ3n) is 10.1. The van der Waals surface area contributed by atoms with Gasteiger partial charge in [-0.3, -0.25) is 14.4 Å². The van der Waals surface area contributed by atoms with Gasteiger partial charge in [-0.25, -0.2) is 0 Å². The van der Waals surface area contributed by atoms with Crippen LogP contribution < -0.4 is 9.80 Å². The van der Waals surface area contributed by atoms with Crippen LogP contribution in [-0.2, 0) is 31.3 Å². The highest BCUT2D eigenvalue weighted by Gasteiger charge is 2.66. The monoisotopic (exact) mass is 639 g/mol. The standard InChI is InChI=1S/C33H42ClN3O6Si/c1-21-31(44(2,3)42)28(18-30(40)36-15-7-10-25(36)20-38)43-33(21)26-17-23(34)12-13-27(26)37(32(33)41)19-22-8-6-9-24(16-22)35-14-5-4-11-29(35)39/h6,8-9,12-13,16-17,21,25,28,31,38,42H,4-5,7,10-11,14-15,18-20H2,1-3H3/t21-,25+,28+,31-,33+/m1/s1. The van der Waals surface area contributed by atoms with Gasteiger partial charge in [0.25, 0.3) is 5.91 Å². The highest BCUT2D eigenvalue weighted by atomic mass is 35.5. The molecule has 0 aromatic heterocycles. The van der Waals surface area contributed by atoms with Crippen molar-refractivity contribution in [2.24, 2.45) is 5.92 Å². The molecule has 0 saturated carbocycles. The van der Waals surface area contributed by atoms with Crippen molar-refractivity contribution >= 4 is 49.0 Å². The molecule has 11 heteroatoms. The van der Waals surface area contributed by atoms with Crippen molar-refractivity contribution < 1.29 is 29.0 Å². The quantitative estimate of drug-likeness (QED) is 0.430. The smallest absolute Gasteiger partial charge is 0.264 e. The first-order valence-corrected chi connectivity index (χ1v) is 19.2. The SMILES string of the molecule is C[C@@H]1[C@@H]([Si](C)(C)O)[C@H](CC(=O)N2CCC[C@H]2CO)O[C@@]12C(=O)N(Cc1cccc(N3CCCCC3=O)c1)c1ccc(Cl)cc12. The molecule has 4 aliphatic rings. The summed E-state index contributed by atoms with van der Waals surface area (Å²) >= 11 is 6.53. The van der Waals surface area contributed by atoms with E-state index in [0.29, 0.717) is 35.8 Å². The number of anilines is 2. The molecule has 0 bridgehead atoms. The first-order valence-electron chi connectivity index (χ1n) is 15.8. The van der Waals surface area contributed by atoms with E-state index in [1.165, 1.54) is 0 Å². The van der Waals surface area contributed by atoms with Crippen LogP contribution in [0, 0.1) is 5.92 Å². The van der Waals surface area contributed by atoms with E-state index in [9.17, 15) is 24.3 Å². The van der Waals surface area contributed by atoms with Gasteiger partial charge < -0.3 is 29.3 Å². The summed E-state index contributed by atoms with van der Waals surface area (Å²) in [5, 5.41) is 10.3. The summed E-state index contributed by atoms with van der Waals surface area (Å²) < 4.78 is 6.82. The molecule has 236 valence electrons. The highest BCUT2D eigenvalue weighted by molar-refractivity contribution is 6.71. The number of fused-ring (bicyclic) bond motifs is 2. The van der Waals surface area contributed by atoms with Crippen LogP contribution in [-0.4, -0.2) is 72.7 Å². The Hall–Kier alpha value is -2.76. The molecule has 5 atom stereocenters. The average molecular weight is 640 g/mol. The lowest BCUT2D eigenvalue weighted by molar-refractivity contribution is -0.150. The zero-order chi connectivity index (χ0) is 31.4. The van der Waals surface area contributed by atoms with Crippen LogP contribution in [0.2, 0.25) is 23.7 Å². The molecule has 3 saturated heterocycles. The number of hydrogen-bond donors (Lipinski definition) is 2. The molecule has 0 radical (unpaired) electrons. The number of piperidine rings is 1. The fourth-order valence-electron chi connectivity index (χ4n) is 8.13. The summed E-state index contributed by atoms with van der Waals surface area (Å²) in [6, 6.07) is 12.9. The fourth-order valence-corrected chi connectivity index (χ4v) is 10.9. The zero-order valence-electron chi connectivity index (χ0n) is 25.7. The summed E-state index contributed by atoms with van der Waals surface area (Å²) in [4.78, 5) is 57.7. The highest BCUT2D eigenvalue weighted by Crippen LogP contribution is 2.60. The van der Waals surface area contributed by atoms with Gasteiger partial charge in [0.15, 0.2) is 13.9 Å². The maximum Gasteiger partial charge on any atom is 0.264 e. The third-order valence-corrected chi connectivity index (χ3v) is 12.9. The van der Waals surface area contributed by atoms with Crippen molar-refractivity contribution in [3.63, 3.8) is 0 Å². The number of carbonyl (C=O) groups excluding carboxylic acids is 3. The molecule has 9 nitrogen and oxygen atoms in total. The van der Waals surface area contributed by atoms with Crippen LogP contribution in [0.1, 0.15) is 56.6 Å². The van der Waals surface area contributed by atoms with Crippen molar-refractivity contribution in [3.8, 4) is 0 Å². The van der Waals surface area contributed by atoms with Crippen LogP contribution in [0.5, 0.6) is 0 Å². The number of hydrogen-bond acceptors (Lipinski definition) is 6. The Morgan fingerprint density at radius 3 is 2.64 bits per heavy atom. The Morgan fingerprint density at radius 2 is 1.91 bits per heavy atom. The first-order chi connectivity index (χ1) is 21.0. The molecule has 44 heavy (non-hydrogen) atoms. The molecule has 3 fully saturated rings. The Bertz CT molecular complexity index is 1470. The van der Waals surface area contributed by atoms with Gasteiger partial charge in [0.1, 0.15) is 0 Å². The number of ether oxygens (including phenoxy) is 1. The molecule has 6 rings (SSSR count). The summed E-state index contributed by atoms with van der Waals surface area (Å²) in [6.07, 6.45) is 3.34. The van der Waals surface area contributed by atoms with Gasteiger partial charge >= 0.3 is 0 Å². The van der Waals surface area contributed by atoms with Gasteiger partial charge in [-0.1, -0.05) is 30.7 Å². The van der Waals surface area contributed by atoms with E-state index < -0.39 is 31.5 Å². The van der Waals surface area contributed by atoms with E-state index in [1.807, 2.05) is 55.2 Å². The molecule has 2 aromatic rings. The maximum absolute atomic E-state index is 14.7. The number of halogens is 1. The first kappa shape index (κ1) is 31.2. The molecular weight excluding hydrogens is 598 g/mol. The zero-order valence-corrected chi connectivity index (χ0v) is 27.4. The Morgan fingerprint density at radius 1 is 1.11 bits per heavy atom. The molecule has 0 aliphatic carbocycles. The van der Waals surface area contributed by atoms with E-state index in [4.69, 9.17) is 16.3 Å². The summed E-state index contributed by atoms with van der Waals surface area (Å²) in [7, 11) is -2.96. The normalized spacial score (nSPS) is 28.8. The van der Waals surface area contributed by atoms with Crippen LogP contribution in [0.4, 0.5) is 11.4 Å². The number of aliphatic hydroxyl groups excluding tert-OH is 1. The number of carbonyl (C=O) groups is 3. The molecular formula is C33H42ClN3O6Si. The number of aliphatic hydroxyl groups is 1. The van der Waals surface area contributed by atoms with E-state index >= 15 is 0 Å². The Kier molecular flexibility index (Phi) is 8.43. The Balaban J connectivity index is 1.34. The predicted octanol–water partition coefficient (Wildman–Crippen LogP) is 4.57. The second kappa shape index (κ2) is 11.9. The number of nitrogens with zero attached hydrogens (tertiary/aromatic N) is 3. The number of rotatable bonds is 7. The predicted molar refractivity (Wildman–Crippen MR) is 171 cm³/mol. The molecule has 4 aliphatic heterocycles. The fraction of sp³-hybridized carbons (Fsp3) is 0.545. The van der Waals surface area contributed by atoms with E-state index in [-0.39, 0.29) is 43.3 Å². The van der Waals surface area contributed by atoms with Crippen LogP contribution in [0.15, 0.2) is 42.5 Å². The van der Waals surface area contributed by atoms with Crippen molar-refractivity contribution in [1.82, 2.24) is 4.90 Å². The second-order valence-electron chi connectivity index (χ2n) is 13.4. The average Bonchev–Trinajstić information content (AvgIpc) is 3.64. The van der Waals surface area contributed by atoms with Crippen molar-refractivity contribution in [1.29, 1.82) is 0 Å². The third kappa shape index (κ3) is 5.28. The number of amides is 3. The van der Waals surface area contributed by atoms with E-state index in [2.05, 4.69) is 0 Å². The maximum atomic E-state index is 14.7. The largest absolute Gasteiger partial charge is 0.432 e. The molecule has 2 aromatic carbocycles. The molecule has 1 spiro atoms. The van der Waals surface area contributed by atoms with Crippen LogP contribution >= 0.6 is 11.6 Å². The summed E-state index contributed by atoms with van der Waals surface area (Å²) in [6.45, 7) is 7.05. The van der Waals surface area contributed by atoms with Gasteiger partial charge in [-0.15, -0.1) is 0 Å². The summed E-state index contributed by atoms with van der Waals surface area (Å²) in [5.74, 6) is -0.684. The van der Waals surface area contributed by atoms with Crippen molar-refractivity contribution in [2.45, 2.75) is 88.4 Å². The number of benzene rings is 2. The van der Waals surface area contributed by atoms with Gasteiger partial charge in [-0.2, -0.15) is 0 Å². The van der Waals surface area contributed by atoms with Crippen molar-refractivity contribution in [3.05, 3.63) is 58.6 Å². The molecule has 2 N–H and O–H groups in total. The van der Waals surface area contributed by atoms with Gasteiger partial charge in [0.05, 0.1) is 37.4 Å². The van der Waals surface area contributed by atoms with Gasteiger partial charge in [-0.05, 0) is 74.7 Å². The van der Waals surface area contributed by atoms with E-state index in [0.717, 1.165) is 36.9 Å². The minimum atomic E-state index is -2.96. The Labute approximate surface area is 264 Å². The molecule has 3 amide bonds. The second-order valence-corrected chi connectivity index (χ2v) is 17.8. The number of likely N-dealkylation sites (tertiary alicyclic amines) is 1. The minimum absolute atomic E-state index is 0.0271. The lowest BCUT2D eigenvalue weighted by Gasteiger charge is -2.33. The lowest BCUT2D eigenvalue weighted by atomic mass is 9.82. The lowest BCUT2D eigenvalue weighted by Crippen LogP contribution is -2.46. The van der Waals surface area contributed by atoms with Gasteiger partial charge in [0, 0.05) is 47.2 Å². The minimum Gasteiger partial charge on any atom is -0.432 e. The molecule has 4 heterocycles. The van der Waals surface area contributed by atoms with Crippen molar-refractivity contribution in [2.75, 3.05) is 29.5 Å². The van der Waals surface area contributed by atoms with Crippen LogP contribution in [0.3, 0.4) is 0 Å². The van der Waals surface area contributed by atoms with Gasteiger partial charge in [0.2, 0.25) is 11.8 Å².